The molecule has 0 fully saturated rings. The zero-order valence-corrected chi connectivity index (χ0v) is 5.79. The maximum atomic E-state index is 4.78. The van der Waals surface area contributed by atoms with Gasteiger partial charge in [-0.1, -0.05) is 13.3 Å². The Balaban J connectivity index is 2.68. The van der Waals surface area contributed by atoms with Crippen molar-refractivity contribution in [2.24, 2.45) is 0 Å². The van der Waals surface area contributed by atoms with E-state index in [1.807, 2.05) is 7.05 Å². The van der Waals surface area contributed by atoms with E-state index >= 15 is 0 Å². The summed E-state index contributed by atoms with van der Waals surface area (Å²) in [6.45, 7) is 3.21. The zero-order chi connectivity index (χ0) is 5.70. The molecule has 0 heterocycles. The van der Waals surface area contributed by atoms with Crippen molar-refractivity contribution < 1.29 is 0 Å². The first kappa shape index (κ1) is 7.31. The third kappa shape index (κ3) is 6.31. The highest BCUT2D eigenvalue weighted by atomic mass is 32.1. The first-order chi connectivity index (χ1) is 3.27. The highest BCUT2D eigenvalue weighted by Gasteiger charge is 1.76. The van der Waals surface area contributed by atoms with Gasteiger partial charge in [-0.3, -0.25) is 0 Å². The molecule has 7 heavy (non-hydrogen) atoms. The second-order valence-electron chi connectivity index (χ2n) is 1.71. The molecule has 0 N–H and O–H groups in total. The largest absolute Gasteiger partial charge is 0.702 e. The van der Waals surface area contributed by atoms with Crippen LogP contribution in [-0.2, 0) is 12.8 Å². The molecule has 0 aromatic heterocycles. The van der Waals surface area contributed by atoms with Crippen LogP contribution in [0.1, 0.15) is 19.8 Å². The van der Waals surface area contributed by atoms with Gasteiger partial charge < -0.3 is 17.1 Å². The van der Waals surface area contributed by atoms with Gasteiger partial charge in [-0.15, -0.1) is 0 Å². The lowest BCUT2D eigenvalue weighted by Crippen LogP contribution is -2.09. The van der Waals surface area contributed by atoms with Crippen LogP contribution >= 0.6 is 0 Å². The van der Waals surface area contributed by atoms with Crippen LogP contribution in [0.5, 0.6) is 0 Å². The second-order valence-corrected chi connectivity index (χ2v) is 2.33. The van der Waals surface area contributed by atoms with E-state index in [2.05, 4.69) is 6.92 Å². The Bertz CT molecular complexity index is 37.1. The van der Waals surface area contributed by atoms with Crippen LogP contribution in [-0.4, -0.2) is 17.9 Å². The smallest absolute Gasteiger partial charge is 0.0242 e. The molecule has 0 aliphatic rings. The molecular formula is C5H12NS-. The third-order valence-corrected chi connectivity index (χ3v) is 1.01. The second kappa shape index (κ2) is 4.47. The minimum Gasteiger partial charge on any atom is -0.702 e. The predicted octanol–water partition coefficient (Wildman–Crippen LogP) is 1.18. The molecule has 0 unspecified atom stereocenters. The first-order valence-corrected chi connectivity index (χ1v) is 3.02. The molecule has 0 aliphatic heterocycles. The van der Waals surface area contributed by atoms with E-state index in [4.69, 9.17) is 12.8 Å². The van der Waals surface area contributed by atoms with Gasteiger partial charge in [0.05, 0.1) is 0 Å². The summed E-state index contributed by atoms with van der Waals surface area (Å²) in [5.74, 6) is 0. The molecule has 0 rings (SSSR count). The van der Waals surface area contributed by atoms with E-state index in [-0.39, 0.29) is 0 Å². The molecule has 1 nitrogen and oxygen atoms in total. The van der Waals surface area contributed by atoms with Gasteiger partial charge >= 0.3 is 0 Å². The number of hydrogen-bond donors (Lipinski definition) is 0. The van der Waals surface area contributed by atoms with Crippen molar-refractivity contribution in [1.29, 1.82) is 0 Å². The van der Waals surface area contributed by atoms with Crippen molar-refractivity contribution in [2.75, 3.05) is 13.6 Å². The molecule has 0 radical (unpaired) electrons. The summed E-state index contributed by atoms with van der Waals surface area (Å²) in [7, 11) is 1.92. The van der Waals surface area contributed by atoms with Crippen LogP contribution in [0.4, 0.5) is 0 Å². The lowest BCUT2D eigenvalue weighted by atomic mass is 10.3. The van der Waals surface area contributed by atoms with Crippen LogP contribution in [0.3, 0.4) is 0 Å². The molecule has 0 saturated heterocycles. The molecule has 0 spiro atoms. The van der Waals surface area contributed by atoms with Gasteiger partial charge in [0.1, 0.15) is 0 Å². The molecule has 0 aliphatic carbocycles. The van der Waals surface area contributed by atoms with Gasteiger partial charge in [0, 0.05) is 0 Å². The van der Waals surface area contributed by atoms with Crippen molar-refractivity contribution >= 4 is 12.8 Å². The Morgan fingerprint density at radius 3 is 2.29 bits per heavy atom. The SMILES string of the molecule is CCCCN(C)[S-]. The number of hydrogen-bond acceptors (Lipinski definition) is 2. The van der Waals surface area contributed by atoms with Gasteiger partial charge in [0.2, 0.25) is 0 Å². The van der Waals surface area contributed by atoms with E-state index < -0.39 is 0 Å². The predicted molar refractivity (Wildman–Crippen MR) is 34.9 cm³/mol. The van der Waals surface area contributed by atoms with E-state index in [1.54, 1.807) is 4.31 Å². The van der Waals surface area contributed by atoms with Crippen molar-refractivity contribution in [2.45, 2.75) is 19.8 Å². The Labute approximate surface area is 51.2 Å². The van der Waals surface area contributed by atoms with E-state index in [1.165, 1.54) is 12.8 Å². The topological polar surface area (TPSA) is 3.24 Å². The first-order valence-electron chi connectivity index (χ1n) is 2.65. The number of unbranched alkanes of at least 4 members (excludes halogenated alkanes) is 1. The monoisotopic (exact) mass is 118 g/mol. The summed E-state index contributed by atoms with van der Waals surface area (Å²) in [5.41, 5.74) is 0. The van der Waals surface area contributed by atoms with Crippen LogP contribution in [0.2, 0.25) is 0 Å². The fourth-order valence-electron chi connectivity index (χ4n) is 0.381. The summed E-state index contributed by atoms with van der Waals surface area (Å²) in [6, 6.07) is 0. The van der Waals surface area contributed by atoms with Crippen LogP contribution < -0.4 is 0 Å². The van der Waals surface area contributed by atoms with Crippen LogP contribution in [0.25, 0.3) is 0 Å². The Kier molecular flexibility index (Phi) is 4.67. The van der Waals surface area contributed by atoms with Crippen molar-refractivity contribution in [3.05, 3.63) is 0 Å². The molecule has 0 aromatic carbocycles. The average Bonchev–Trinajstić information content (AvgIpc) is 1.61. The number of rotatable bonds is 3. The summed E-state index contributed by atoms with van der Waals surface area (Å²) in [6.07, 6.45) is 2.46. The maximum absolute atomic E-state index is 4.78. The summed E-state index contributed by atoms with van der Waals surface area (Å²) in [5, 5.41) is 0. The van der Waals surface area contributed by atoms with Crippen LogP contribution in [0, 0.1) is 0 Å². The van der Waals surface area contributed by atoms with E-state index in [9.17, 15) is 0 Å². The minimum absolute atomic E-state index is 1.05. The summed E-state index contributed by atoms with van der Waals surface area (Å²) >= 11 is 4.78. The van der Waals surface area contributed by atoms with E-state index in [0.29, 0.717) is 0 Å². The Morgan fingerprint density at radius 1 is 1.57 bits per heavy atom. The highest BCUT2D eigenvalue weighted by Crippen LogP contribution is 1.86. The molecule has 0 atom stereocenters. The Hall–Kier alpha value is 0.310. The minimum atomic E-state index is 1.05. The molecule has 44 valence electrons. The van der Waals surface area contributed by atoms with Gasteiger partial charge in [-0.2, -0.15) is 0 Å². The molecule has 0 saturated carbocycles. The van der Waals surface area contributed by atoms with Crippen LogP contribution in [0.15, 0.2) is 0 Å². The molecule has 2 heteroatoms. The van der Waals surface area contributed by atoms with Crippen molar-refractivity contribution in [3.63, 3.8) is 0 Å². The molecule has 0 aromatic rings. The molecular weight excluding hydrogens is 106 g/mol. The fraction of sp³-hybridized carbons (Fsp3) is 1.00. The molecule has 0 bridgehead atoms. The normalized spacial score (nSPS) is 10.3. The lowest BCUT2D eigenvalue weighted by Gasteiger charge is -2.21. The Morgan fingerprint density at radius 2 is 2.14 bits per heavy atom. The van der Waals surface area contributed by atoms with Gasteiger partial charge in [0.15, 0.2) is 0 Å². The van der Waals surface area contributed by atoms with Gasteiger partial charge in [-0.25, -0.2) is 0 Å². The average molecular weight is 118 g/mol. The fourth-order valence-corrected chi connectivity index (χ4v) is 0.510. The maximum Gasteiger partial charge on any atom is -0.0242 e. The summed E-state index contributed by atoms with van der Waals surface area (Å²) < 4.78 is 1.80. The van der Waals surface area contributed by atoms with Crippen molar-refractivity contribution in [1.82, 2.24) is 4.31 Å². The molecule has 0 amide bonds. The number of nitrogens with zero attached hydrogens (tertiary/aromatic N) is 1. The summed E-state index contributed by atoms with van der Waals surface area (Å²) in [4.78, 5) is 0. The lowest BCUT2D eigenvalue weighted by molar-refractivity contribution is 0.541. The standard InChI is InChI=1S/C5H12NS/c1-3-4-5-6(2)7/h3-5H2,1-2H3/q-1. The third-order valence-electron chi connectivity index (χ3n) is 0.827. The van der Waals surface area contributed by atoms with Crippen molar-refractivity contribution in [3.8, 4) is 0 Å². The highest BCUT2D eigenvalue weighted by molar-refractivity contribution is 7.55. The zero-order valence-electron chi connectivity index (χ0n) is 4.98. The quantitative estimate of drug-likeness (QED) is 0.512. The van der Waals surface area contributed by atoms with E-state index in [0.717, 1.165) is 6.54 Å². The van der Waals surface area contributed by atoms with Gasteiger partial charge in [-0.05, 0) is 20.0 Å². The van der Waals surface area contributed by atoms with Gasteiger partial charge in [0.25, 0.3) is 0 Å².